The van der Waals surface area contributed by atoms with Crippen molar-refractivity contribution in [1.82, 2.24) is 10.2 Å². The van der Waals surface area contributed by atoms with Crippen LogP contribution in [-0.4, -0.2) is 43.5 Å². The molecule has 0 aromatic heterocycles. The van der Waals surface area contributed by atoms with Crippen LogP contribution in [0.15, 0.2) is 78.9 Å². The number of methoxy groups -OCH3 is 2. The maximum atomic E-state index is 13.6. The molecule has 1 atom stereocenters. The summed E-state index contributed by atoms with van der Waals surface area (Å²) in [6, 6.07) is 24.8. The zero-order valence-electron chi connectivity index (χ0n) is 21.4. The third kappa shape index (κ3) is 7.60. The average molecular weight is 489 g/mol. The van der Waals surface area contributed by atoms with Crippen LogP contribution in [0.4, 0.5) is 0 Å². The van der Waals surface area contributed by atoms with Crippen molar-refractivity contribution in [3.8, 4) is 11.5 Å². The molecule has 0 bridgehead atoms. The Bertz CT molecular complexity index is 1100. The topological polar surface area (TPSA) is 67.9 Å². The summed E-state index contributed by atoms with van der Waals surface area (Å²) in [5.74, 6) is 1.15. The summed E-state index contributed by atoms with van der Waals surface area (Å²) in [5, 5.41) is 3.08. The van der Waals surface area contributed by atoms with Gasteiger partial charge in [0.25, 0.3) is 0 Å². The molecule has 1 unspecified atom stereocenters. The third-order valence-electron chi connectivity index (χ3n) is 6.09. The second-order valence-electron chi connectivity index (χ2n) is 8.69. The highest BCUT2D eigenvalue weighted by Gasteiger charge is 2.29. The van der Waals surface area contributed by atoms with E-state index in [1.165, 1.54) is 0 Å². The van der Waals surface area contributed by atoms with E-state index >= 15 is 0 Å². The van der Waals surface area contributed by atoms with E-state index in [0.29, 0.717) is 43.9 Å². The monoisotopic (exact) mass is 488 g/mol. The van der Waals surface area contributed by atoms with Crippen LogP contribution in [0.2, 0.25) is 0 Å². The Hall–Kier alpha value is -3.80. The fraction of sp³-hybridized carbons (Fsp3) is 0.333. The fourth-order valence-corrected chi connectivity index (χ4v) is 4.18. The molecule has 0 spiro atoms. The molecular weight excluding hydrogens is 452 g/mol. The Morgan fingerprint density at radius 2 is 1.47 bits per heavy atom. The lowest BCUT2D eigenvalue weighted by atomic mass is 10.0. The Balaban J connectivity index is 1.78. The van der Waals surface area contributed by atoms with E-state index in [1.54, 1.807) is 19.1 Å². The number of ether oxygens (including phenoxy) is 2. The summed E-state index contributed by atoms with van der Waals surface area (Å²) >= 11 is 0. The van der Waals surface area contributed by atoms with E-state index in [1.807, 2.05) is 85.8 Å². The third-order valence-corrected chi connectivity index (χ3v) is 6.09. The summed E-state index contributed by atoms with van der Waals surface area (Å²) in [4.78, 5) is 28.5. The van der Waals surface area contributed by atoms with E-state index in [4.69, 9.17) is 9.47 Å². The molecule has 6 nitrogen and oxygen atoms in total. The minimum absolute atomic E-state index is 0.0164. The first-order valence-corrected chi connectivity index (χ1v) is 12.4. The van der Waals surface area contributed by atoms with Crippen molar-refractivity contribution in [1.29, 1.82) is 0 Å². The van der Waals surface area contributed by atoms with Gasteiger partial charge in [0, 0.05) is 25.9 Å². The molecule has 0 fully saturated rings. The van der Waals surface area contributed by atoms with Gasteiger partial charge >= 0.3 is 0 Å². The van der Waals surface area contributed by atoms with Gasteiger partial charge in [0.2, 0.25) is 11.8 Å². The number of hydrogen-bond donors (Lipinski definition) is 1. The number of hydrogen-bond acceptors (Lipinski definition) is 4. The summed E-state index contributed by atoms with van der Waals surface area (Å²) in [7, 11) is 3.21. The summed E-state index contributed by atoms with van der Waals surface area (Å²) in [5.41, 5.74) is 3.04. The zero-order valence-corrected chi connectivity index (χ0v) is 21.4. The first-order valence-electron chi connectivity index (χ1n) is 12.4. The van der Waals surface area contributed by atoms with Crippen LogP contribution in [0, 0.1) is 0 Å². The van der Waals surface area contributed by atoms with Crippen LogP contribution in [0.3, 0.4) is 0 Å². The van der Waals surface area contributed by atoms with Crippen LogP contribution in [0.1, 0.15) is 36.5 Å². The first kappa shape index (κ1) is 26.8. The molecule has 6 heteroatoms. The van der Waals surface area contributed by atoms with Crippen LogP contribution in [0.5, 0.6) is 11.5 Å². The number of carbonyl (C=O) groups excluding carboxylic acids is 2. The normalized spacial score (nSPS) is 11.4. The number of nitrogens with one attached hydrogen (secondary N) is 1. The van der Waals surface area contributed by atoms with Gasteiger partial charge in [-0.2, -0.15) is 0 Å². The number of benzene rings is 3. The molecule has 0 radical (unpaired) electrons. The maximum absolute atomic E-state index is 13.6. The smallest absolute Gasteiger partial charge is 0.243 e. The van der Waals surface area contributed by atoms with Crippen LogP contribution in [0.25, 0.3) is 0 Å². The van der Waals surface area contributed by atoms with Crippen LogP contribution < -0.4 is 14.8 Å². The number of carbonyl (C=O) groups is 2. The predicted octanol–water partition coefficient (Wildman–Crippen LogP) is 4.80. The molecule has 1 N–H and O–H groups in total. The molecule has 3 rings (SSSR count). The highest BCUT2D eigenvalue weighted by molar-refractivity contribution is 5.88. The van der Waals surface area contributed by atoms with Crippen molar-refractivity contribution in [3.05, 3.63) is 95.6 Å². The fourth-order valence-electron chi connectivity index (χ4n) is 4.18. The molecule has 0 saturated heterocycles. The van der Waals surface area contributed by atoms with Gasteiger partial charge in [-0.25, -0.2) is 0 Å². The van der Waals surface area contributed by atoms with Gasteiger partial charge < -0.3 is 19.7 Å². The summed E-state index contributed by atoms with van der Waals surface area (Å²) < 4.78 is 10.7. The van der Waals surface area contributed by atoms with E-state index in [0.717, 1.165) is 23.1 Å². The van der Waals surface area contributed by atoms with Crippen molar-refractivity contribution in [3.63, 3.8) is 0 Å². The number of amides is 2. The lowest BCUT2D eigenvalue weighted by Gasteiger charge is -2.31. The van der Waals surface area contributed by atoms with Crippen LogP contribution >= 0.6 is 0 Å². The molecule has 36 heavy (non-hydrogen) atoms. The molecule has 0 heterocycles. The summed E-state index contributed by atoms with van der Waals surface area (Å²) in [6.45, 7) is 2.81. The molecular formula is C30H36N2O4. The van der Waals surface area contributed by atoms with E-state index in [-0.39, 0.29) is 11.8 Å². The van der Waals surface area contributed by atoms with E-state index in [9.17, 15) is 9.59 Å². The van der Waals surface area contributed by atoms with Gasteiger partial charge in [-0.3, -0.25) is 9.59 Å². The van der Waals surface area contributed by atoms with Crippen LogP contribution in [-0.2, 0) is 29.0 Å². The van der Waals surface area contributed by atoms with Crippen molar-refractivity contribution in [2.24, 2.45) is 0 Å². The average Bonchev–Trinajstić information content (AvgIpc) is 2.91. The SMILES string of the molecule is CCCC(=O)N(Cc1ccccc1)C(Cc1ccccc1)C(=O)NCCc1ccc(OC)c(OC)c1. The van der Waals surface area contributed by atoms with Gasteiger partial charge in [0.1, 0.15) is 6.04 Å². The molecule has 0 aliphatic carbocycles. The van der Waals surface area contributed by atoms with Crippen molar-refractivity contribution in [2.45, 2.75) is 45.2 Å². The Kier molecular flexibility index (Phi) is 10.4. The number of nitrogens with zero attached hydrogens (tertiary/aromatic N) is 1. The van der Waals surface area contributed by atoms with Gasteiger partial charge in [0.15, 0.2) is 11.5 Å². The lowest BCUT2D eigenvalue weighted by Crippen LogP contribution is -2.50. The molecule has 0 aliphatic rings. The van der Waals surface area contributed by atoms with Gasteiger partial charge in [-0.1, -0.05) is 73.7 Å². The number of rotatable bonds is 13. The van der Waals surface area contributed by atoms with Crippen molar-refractivity contribution in [2.75, 3.05) is 20.8 Å². The molecule has 0 saturated carbocycles. The first-order chi connectivity index (χ1) is 17.5. The van der Waals surface area contributed by atoms with Gasteiger partial charge in [-0.05, 0) is 41.7 Å². The van der Waals surface area contributed by atoms with E-state index in [2.05, 4.69) is 5.32 Å². The van der Waals surface area contributed by atoms with E-state index < -0.39 is 6.04 Å². The Labute approximate surface area is 214 Å². The molecule has 2 amide bonds. The minimum atomic E-state index is -0.614. The Morgan fingerprint density at radius 1 is 0.833 bits per heavy atom. The maximum Gasteiger partial charge on any atom is 0.243 e. The molecule has 190 valence electrons. The standard InChI is InChI=1S/C30H36N2O4/c1-4-11-29(33)32(22-25-14-9-6-10-15-25)26(20-23-12-7-5-8-13-23)30(34)31-19-18-24-16-17-27(35-2)28(21-24)36-3/h5-10,12-17,21,26H,4,11,18-20,22H2,1-3H3,(H,31,34). The second-order valence-corrected chi connectivity index (χ2v) is 8.69. The van der Waals surface area contributed by atoms with Gasteiger partial charge in [0.05, 0.1) is 14.2 Å². The largest absolute Gasteiger partial charge is 0.493 e. The van der Waals surface area contributed by atoms with Gasteiger partial charge in [-0.15, -0.1) is 0 Å². The molecule has 3 aromatic rings. The predicted molar refractivity (Wildman–Crippen MR) is 142 cm³/mol. The quantitative estimate of drug-likeness (QED) is 0.375. The Morgan fingerprint density at radius 3 is 2.08 bits per heavy atom. The molecule has 3 aromatic carbocycles. The van der Waals surface area contributed by atoms with Crippen molar-refractivity contribution >= 4 is 11.8 Å². The highest BCUT2D eigenvalue weighted by atomic mass is 16.5. The second kappa shape index (κ2) is 13.9. The minimum Gasteiger partial charge on any atom is -0.493 e. The molecule has 0 aliphatic heterocycles. The lowest BCUT2D eigenvalue weighted by molar-refractivity contribution is -0.141. The summed E-state index contributed by atoms with van der Waals surface area (Å²) in [6.07, 6.45) is 2.21. The van der Waals surface area contributed by atoms with Crippen molar-refractivity contribution < 1.29 is 19.1 Å². The zero-order chi connectivity index (χ0) is 25.8. The highest BCUT2D eigenvalue weighted by Crippen LogP contribution is 2.27.